The second kappa shape index (κ2) is 8.56. The van der Waals surface area contributed by atoms with Crippen molar-refractivity contribution >= 4 is 29.2 Å². The Kier molecular flexibility index (Phi) is 6.19. The number of carbonyl (C=O) groups is 2. The van der Waals surface area contributed by atoms with Crippen molar-refractivity contribution in [2.45, 2.75) is 51.0 Å². The summed E-state index contributed by atoms with van der Waals surface area (Å²) in [5.74, 6) is 0.397. The van der Waals surface area contributed by atoms with Crippen LogP contribution in [0.3, 0.4) is 0 Å². The summed E-state index contributed by atoms with van der Waals surface area (Å²) in [6, 6.07) is 7.26. The van der Waals surface area contributed by atoms with Crippen LogP contribution in [-0.2, 0) is 4.79 Å². The lowest BCUT2D eigenvalue weighted by Crippen LogP contribution is -2.49. The minimum Gasteiger partial charge on any atom is -0.353 e. The molecule has 5 nitrogen and oxygen atoms in total. The number of benzene rings is 1. The van der Waals surface area contributed by atoms with Crippen molar-refractivity contribution in [3.05, 3.63) is 29.3 Å². The highest BCUT2D eigenvalue weighted by Crippen LogP contribution is 2.25. The number of para-hydroxylation sites is 1. The van der Waals surface area contributed by atoms with Gasteiger partial charge in [-0.15, -0.1) is 0 Å². The van der Waals surface area contributed by atoms with E-state index in [0.29, 0.717) is 23.8 Å². The molecule has 1 saturated heterocycles. The van der Waals surface area contributed by atoms with Gasteiger partial charge in [-0.05, 0) is 37.8 Å². The average molecular weight is 364 g/mol. The zero-order valence-corrected chi connectivity index (χ0v) is 15.2. The second-order valence-electron chi connectivity index (χ2n) is 7.01. The molecule has 0 aromatic heterocycles. The summed E-state index contributed by atoms with van der Waals surface area (Å²) < 4.78 is 0. The third-order valence-corrected chi connectivity index (χ3v) is 5.55. The molecule has 0 radical (unpaired) electrons. The van der Waals surface area contributed by atoms with Crippen LogP contribution in [0, 0.1) is 5.92 Å². The van der Waals surface area contributed by atoms with Crippen LogP contribution in [0.4, 0.5) is 10.5 Å². The predicted octanol–water partition coefficient (Wildman–Crippen LogP) is 4.03. The highest BCUT2D eigenvalue weighted by molar-refractivity contribution is 6.33. The number of hydrogen-bond acceptors (Lipinski definition) is 2. The molecule has 2 N–H and O–H groups in total. The Balaban J connectivity index is 1.44. The SMILES string of the molecule is O=C(NC1CCN(C(=O)Nc2ccccc2Cl)CC1)C1CCCCC1. The summed E-state index contributed by atoms with van der Waals surface area (Å²) in [5.41, 5.74) is 0.627. The Bertz CT molecular complexity index is 608. The lowest BCUT2D eigenvalue weighted by atomic mass is 9.88. The van der Waals surface area contributed by atoms with E-state index < -0.39 is 0 Å². The molecule has 1 aromatic rings. The number of hydrogen-bond donors (Lipinski definition) is 2. The van der Waals surface area contributed by atoms with E-state index in [1.807, 2.05) is 12.1 Å². The summed E-state index contributed by atoms with van der Waals surface area (Å²) in [6.07, 6.45) is 7.22. The maximum absolute atomic E-state index is 12.4. The van der Waals surface area contributed by atoms with Crippen LogP contribution in [-0.4, -0.2) is 36.0 Å². The van der Waals surface area contributed by atoms with Crippen LogP contribution in [0.5, 0.6) is 0 Å². The third kappa shape index (κ3) is 4.88. The van der Waals surface area contributed by atoms with Crippen LogP contribution in [0.15, 0.2) is 24.3 Å². The fraction of sp³-hybridized carbons (Fsp3) is 0.579. The first-order chi connectivity index (χ1) is 12.1. The number of anilines is 1. The van der Waals surface area contributed by atoms with Gasteiger partial charge >= 0.3 is 6.03 Å². The third-order valence-electron chi connectivity index (χ3n) is 5.22. The molecule has 3 amide bonds. The number of carbonyl (C=O) groups excluding carboxylic acids is 2. The van der Waals surface area contributed by atoms with Crippen LogP contribution in [0.2, 0.25) is 5.02 Å². The van der Waals surface area contributed by atoms with Crippen molar-refractivity contribution in [2.75, 3.05) is 18.4 Å². The van der Waals surface area contributed by atoms with E-state index in [9.17, 15) is 9.59 Å². The number of amides is 3. The van der Waals surface area contributed by atoms with E-state index in [4.69, 9.17) is 11.6 Å². The molecule has 1 saturated carbocycles. The maximum Gasteiger partial charge on any atom is 0.321 e. The first-order valence-electron chi connectivity index (χ1n) is 9.24. The zero-order chi connectivity index (χ0) is 17.6. The minimum absolute atomic E-state index is 0.134. The molecule has 25 heavy (non-hydrogen) atoms. The number of nitrogens with zero attached hydrogens (tertiary/aromatic N) is 1. The largest absolute Gasteiger partial charge is 0.353 e. The van der Waals surface area contributed by atoms with Gasteiger partial charge in [-0.1, -0.05) is 43.0 Å². The number of piperidine rings is 1. The number of nitrogens with one attached hydrogen (secondary N) is 2. The van der Waals surface area contributed by atoms with Gasteiger partial charge in [0, 0.05) is 25.0 Å². The normalized spacial score (nSPS) is 19.5. The van der Waals surface area contributed by atoms with Gasteiger partial charge in [0.05, 0.1) is 10.7 Å². The molecule has 2 aliphatic rings. The maximum atomic E-state index is 12.4. The van der Waals surface area contributed by atoms with Gasteiger partial charge < -0.3 is 15.5 Å². The van der Waals surface area contributed by atoms with Crippen molar-refractivity contribution in [3.63, 3.8) is 0 Å². The molecule has 1 aliphatic carbocycles. The first-order valence-corrected chi connectivity index (χ1v) is 9.62. The van der Waals surface area contributed by atoms with Crippen molar-refractivity contribution in [1.82, 2.24) is 10.2 Å². The molecular weight excluding hydrogens is 338 g/mol. The Morgan fingerprint density at radius 1 is 1.00 bits per heavy atom. The average Bonchev–Trinajstić information content (AvgIpc) is 2.65. The first kappa shape index (κ1) is 18.1. The van der Waals surface area contributed by atoms with Gasteiger partial charge in [0.25, 0.3) is 0 Å². The van der Waals surface area contributed by atoms with E-state index in [2.05, 4.69) is 10.6 Å². The van der Waals surface area contributed by atoms with E-state index in [0.717, 1.165) is 25.7 Å². The summed E-state index contributed by atoms with van der Waals surface area (Å²) >= 11 is 6.08. The van der Waals surface area contributed by atoms with E-state index in [1.165, 1.54) is 19.3 Å². The lowest BCUT2D eigenvalue weighted by Gasteiger charge is -2.33. The van der Waals surface area contributed by atoms with Gasteiger partial charge in [-0.2, -0.15) is 0 Å². The molecule has 6 heteroatoms. The van der Waals surface area contributed by atoms with Gasteiger partial charge in [-0.3, -0.25) is 4.79 Å². The molecule has 1 heterocycles. The summed E-state index contributed by atoms with van der Waals surface area (Å²) in [5, 5.41) is 6.58. The van der Waals surface area contributed by atoms with E-state index in [-0.39, 0.29) is 23.9 Å². The Morgan fingerprint density at radius 3 is 2.36 bits per heavy atom. The molecule has 136 valence electrons. The molecule has 3 rings (SSSR count). The van der Waals surface area contributed by atoms with Gasteiger partial charge in [0.15, 0.2) is 0 Å². The highest BCUT2D eigenvalue weighted by Gasteiger charge is 2.27. The topological polar surface area (TPSA) is 61.4 Å². The van der Waals surface area contributed by atoms with Crippen LogP contribution >= 0.6 is 11.6 Å². The number of urea groups is 1. The molecule has 0 unspecified atom stereocenters. The quantitative estimate of drug-likeness (QED) is 0.851. The fourth-order valence-electron chi connectivity index (χ4n) is 3.67. The van der Waals surface area contributed by atoms with Gasteiger partial charge in [0.2, 0.25) is 5.91 Å². The monoisotopic (exact) mass is 363 g/mol. The molecule has 1 aromatic carbocycles. The number of halogens is 1. The molecule has 2 fully saturated rings. The fourth-order valence-corrected chi connectivity index (χ4v) is 3.85. The second-order valence-corrected chi connectivity index (χ2v) is 7.42. The Labute approximate surface area is 154 Å². The number of likely N-dealkylation sites (tertiary alicyclic amines) is 1. The van der Waals surface area contributed by atoms with Gasteiger partial charge in [0.1, 0.15) is 0 Å². The molecule has 0 bridgehead atoms. The summed E-state index contributed by atoms with van der Waals surface area (Å²) in [7, 11) is 0. The smallest absolute Gasteiger partial charge is 0.321 e. The van der Waals surface area contributed by atoms with Gasteiger partial charge in [-0.25, -0.2) is 4.79 Å². The van der Waals surface area contributed by atoms with Crippen LogP contribution in [0.25, 0.3) is 0 Å². The number of rotatable bonds is 3. The van der Waals surface area contributed by atoms with E-state index in [1.54, 1.807) is 17.0 Å². The predicted molar refractivity (Wildman–Crippen MR) is 99.8 cm³/mol. The van der Waals surface area contributed by atoms with Crippen LogP contribution < -0.4 is 10.6 Å². The van der Waals surface area contributed by atoms with Crippen molar-refractivity contribution in [1.29, 1.82) is 0 Å². The van der Waals surface area contributed by atoms with Crippen molar-refractivity contribution < 1.29 is 9.59 Å². The zero-order valence-electron chi connectivity index (χ0n) is 14.5. The molecular formula is C19H26ClN3O2. The van der Waals surface area contributed by atoms with Crippen molar-refractivity contribution in [2.24, 2.45) is 5.92 Å². The van der Waals surface area contributed by atoms with E-state index >= 15 is 0 Å². The highest BCUT2D eigenvalue weighted by atomic mass is 35.5. The van der Waals surface area contributed by atoms with Crippen LogP contribution in [0.1, 0.15) is 44.9 Å². The summed E-state index contributed by atoms with van der Waals surface area (Å²) in [4.78, 5) is 26.5. The standard InChI is InChI=1S/C19H26ClN3O2/c20-16-8-4-5-9-17(16)22-19(25)23-12-10-15(11-13-23)21-18(24)14-6-2-1-3-7-14/h4-5,8-9,14-15H,1-3,6-7,10-13H2,(H,21,24)(H,22,25). The Hall–Kier alpha value is -1.75. The van der Waals surface area contributed by atoms with Crippen molar-refractivity contribution in [3.8, 4) is 0 Å². The Morgan fingerprint density at radius 2 is 1.68 bits per heavy atom. The molecule has 1 aliphatic heterocycles. The minimum atomic E-state index is -0.134. The lowest BCUT2D eigenvalue weighted by molar-refractivity contribution is -0.126. The molecule has 0 spiro atoms. The summed E-state index contributed by atoms with van der Waals surface area (Å²) in [6.45, 7) is 1.29. The molecule has 0 atom stereocenters.